The van der Waals surface area contributed by atoms with Crippen molar-refractivity contribution in [2.75, 3.05) is 0 Å². The standard InChI is InChI=1S/C19H18/c1-3-4-5-17-10-12-19(13-11-17)15-14-18-8-6-16(2)7-9-18/h3,6-13H,1,4-5H2,2H3. The van der Waals surface area contributed by atoms with Crippen LogP contribution in [0.3, 0.4) is 0 Å². The molecule has 0 bridgehead atoms. The van der Waals surface area contributed by atoms with E-state index in [1.807, 2.05) is 6.08 Å². The molecule has 19 heavy (non-hydrogen) atoms. The monoisotopic (exact) mass is 246 g/mol. The third-order valence-corrected chi connectivity index (χ3v) is 2.99. The fourth-order valence-corrected chi connectivity index (χ4v) is 1.80. The lowest BCUT2D eigenvalue weighted by Gasteiger charge is -1.98. The summed E-state index contributed by atoms with van der Waals surface area (Å²) in [7, 11) is 0. The molecule has 0 aliphatic rings. The number of hydrogen-bond acceptors (Lipinski definition) is 0. The van der Waals surface area contributed by atoms with Gasteiger partial charge in [0.05, 0.1) is 0 Å². The number of allylic oxidation sites excluding steroid dienone is 1. The molecule has 0 aromatic heterocycles. The van der Waals surface area contributed by atoms with Crippen molar-refractivity contribution in [2.45, 2.75) is 19.8 Å². The van der Waals surface area contributed by atoms with Crippen molar-refractivity contribution >= 4 is 0 Å². The van der Waals surface area contributed by atoms with E-state index in [1.165, 1.54) is 11.1 Å². The van der Waals surface area contributed by atoms with E-state index in [2.05, 4.69) is 73.9 Å². The zero-order valence-electron chi connectivity index (χ0n) is 11.3. The van der Waals surface area contributed by atoms with Crippen molar-refractivity contribution < 1.29 is 0 Å². The number of benzene rings is 2. The minimum absolute atomic E-state index is 1.02. The highest BCUT2D eigenvalue weighted by atomic mass is 14.0. The van der Waals surface area contributed by atoms with E-state index in [-0.39, 0.29) is 0 Å². The molecule has 94 valence electrons. The first-order valence-electron chi connectivity index (χ1n) is 6.56. The third kappa shape index (κ3) is 4.16. The molecule has 0 fully saturated rings. The smallest absolute Gasteiger partial charge is 0.0249 e. The molecule has 0 heteroatoms. The van der Waals surface area contributed by atoms with Crippen molar-refractivity contribution in [1.29, 1.82) is 0 Å². The van der Waals surface area contributed by atoms with Crippen molar-refractivity contribution in [2.24, 2.45) is 0 Å². The van der Waals surface area contributed by atoms with Crippen molar-refractivity contribution in [3.63, 3.8) is 0 Å². The maximum absolute atomic E-state index is 3.74. The van der Waals surface area contributed by atoms with E-state index >= 15 is 0 Å². The van der Waals surface area contributed by atoms with E-state index in [4.69, 9.17) is 0 Å². The lowest BCUT2D eigenvalue weighted by Crippen LogP contribution is -1.83. The molecule has 0 aliphatic heterocycles. The lowest BCUT2D eigenvalue weighted by molar-refractivity contribution is 1.00. The highest BCUT2D eigenvalue weighted by Gasteiger charge is 1.92. The van der Waals surface area contributed by atoms with Crippen LogP contribution in [0.25, 0.3) is 0 Å². The van der Waals surface area contributed by atoms with Gasteiger partial charge in [0.15, 0.2) is 0 Å². The van der Waals surface area contributed by atoms with Gasteiger partial charge in [-0.05, 0) is 49.6 Å². The molecule has 0 unspecified atom stereocenters. The summed E-state index contributed by atoms with van der Waals surface area (Å²) in [4.78, 5) is 0. The second kappa shape index (κ2) is 6.61. The largest absolute Gasteiger partial charge is 0.103 e. The Morgan fingerprint density at radius 2 is 1.42 bits per heavy atom. The zero-order valence-corrected chi connectivity index (χ0v) is 11.3. The fraction of sp³-hybridized carbons (Fsp3) is 0.158. The Morgan fingerprint density at radius 3 is 1.95 bits per heavy atom. The molecule has 0 nitrogen and oxygen atoms in total. The van der Waals surface area contributed by atoms with Gasteiger partial charge >= 0.3 is 0 Å². The maximum Gasteiger partial charge on any atom is 0.0249 e. The predicted octanol–water partition coefficient (Wildman–Crippen LogP) is 4.51. The van der Waals surface area contributed by atoms with Crippen molar-refractivity contribution in [3.8, 4) is 11.8 Å². The average molecular weight is 246 g/mol. The Labute approximate surface area is 115 Å². The molecule has 0 atom stereocenters. The molecule has 0 aliphatic carbocycles. The molecule has 0 heterocycles. The Bertz CT molecular complexity index is 589. The summed E-state index contributed by atoms with van der Waals surface area (Å²) < 4.78 is 0. The summed E-state index contributed by atoms with van der Waals surface area (Å²) in [6.45, 7) is 5.82. The van der Waals surface area contributed by atoms with Gasteiger partial charge in [0.1, 0.15) is 0 Å². The van der Waals surface area contributed by atoms with Crippen LogP contribution < -0.4 is 0 Å². The van der Waals surface area contributed by atoms with Gasteiger partial charge in [0.25, 0.3) is 0 Å². The number of hydrogen-bond donors (Lipinski definition) is 0. The number of rotatable bonds is 3. The highest BCUT2D eigenvalue weighted by molar-refractivity contribution is 5.43. The van der Waals surface area contributed by atoms with Crippen LogP contribution in [0.15, 0.2) is 61.2 Å². The van der Waals surface area contributed by atoms with Crippen LogP contribution in [-0.4, -0.2) is 0 Å². The molecular formula is C19H18. The summed E-state index contributed by atoms with van der Waals surface area (Å²) in [5.74, 6) is 6.38. The first-order chi connectivity index (χ1) is 9.28. The quantitative estimate of drug-likeness (QED) is 0.552. The predicted molar refractivity (Wildman–Crippen MR) is 82.1 cm³/mol. The molecule has 0 saturated heterocycles. The SMILES string of the molecule is C=CCCc1ccc(C#Cc2ccc(C)cc2)cc1. The molecule has 0 spiro atoms. The Hall–Kier alpha value is -2.26. The van der Waals surface area contributed by atoms with E-state index in [1.54, 1.807) is 0 Å². The van der Waals surface area contributed by atoms with Crippen molar-refractivity contribution in [1.82, 2.24) is 0 Å². The van der Waals surface area contributed by atoms with E-state index in [0.717, 1.165) is 24.0 Å². The van der Waals surface area contributed by atoms with Crippen LogP contribution in [-0.2, 0) is 6.42 Å². The average Bonchev–Trinajstić information content (AvgIpc) is 2.46. The molecule has 2 rings (SSSR count). The van der Waals surface area contributed by atoms with Crippen LogP contribution in [0.5, 0.6) is 0 Å². The molecule has 0 saturated carbocycles. The van der Waals surface area contributed by atoms with Gasteiger partial charge in [-0.1, -0.05) is 47.7 Å². The second-order valence-corrected chi connectivity index (χ2v) is 4.64. The van der Waals surface area contributed by atoms with Crippen LogP contribution in [0.2, 0.25) is 0 Å². The maximum atomic E-state index is 3.74. The minimum Gasteiger partial charge on any atom is -0.103 e. The molecular weight excluding hydrogens is 228 g/mol. The first kappa shape index (κ1) is 13.2. The van der Waals surface area contributed by atoms with Crippen LogP contribution in [0.1, 0.15) is 28.7 Å². The number of aryl methyl sites for hydroxylation is 2. The van der Waals surface area contributed by atoms with E-state index in [0.29, 0.717) is 0 Å². The third-order valence-electron chi connectivity index (χ3n) is 2.99. The summed E-state index contributed by atoms with van der Waals surface area (Å²) in [6, 6.07) is 16.7. The normalized spacial score (nSPS) is 9.53. The summed E-state index contributed by atoms with van der Waals surface area (Å²) in [5, 5.41) is 0. The minimum atomic E-state index is 1.02. The van der Waals surface area contributed by atoms with Gasteiger partial charge in [-0.15, -0.1) is 6.58 Å². The Morgan fingerprint density at radius 1 is 0.895 bits per heavy atom. The second-order valence-electron chi connectivity index (χ2n) is 4.64. The lowest BCUT2D eigenvalue weighted by atomic mass is 10.1. The molecule has 0 N–H and O–H groups in total. The zero-order chi connectivity index (χ0) is 13.5. The molecule has 2 aromatic carbocycles. The fourth-order valence-electron chi connectivity index (χ4n) is 1.80. The summed E-state index contributed by atoms with van der Waals surface area (Å²) >= 11 is 0. The Kier molecular flexibility index (Phi) is 4.59. The van der Waals surface area contributed by atoms with Gasteiger partial charge < -0.3 is 0 Å². The highest BCUT2D eigenvalue weighted by Crippen LogP contribution is 2.07. The topological polar surface area (TPSA) is 0 Å². The van der Waals surface area contributed by atoms with Gasteiger partial charge in [0, 0.05) is 11.1 Å². The van der Waals surface area contributed by atoms with Crippen LogP contribution in [0, 0.1) is 18.8 Å². The van der Waals surface area contributed by atoms with Crippen LogP contribution in [0.4, 0.5) is 0 Å². The van der Waals surface area contributed by atoms with Gasteiger partial charge in [-0.2, -0.15) is 0 Å². The molecule has 0 amide bonds. The van der Waals surface area contributed by atoms with Gasteiger partial charge in [-0.25, -0.2) is 0 Å². The van der Waals surface area contributed by atoms with Gasteiger partial charge in [-0.3, -0.25) is 0 Å². The molecule has 0 radical (unpaired) electrons. The van der Waals surface area contributed by atoms with E-state index < -0.39 is 0 Å². The van der Waals surface area contributed by atoms with Crippen molar-refractivity contribution in [3.05, 3.63) is 83.4 Å². The van der Waals surface area contributed by atoms with Crippen LogP contribution >= 0.6 is 0 Å². The van der Waals surface area contributed by atoms with E-state index in [9.17, 15) is 0 Å². The summed E-state index contributed by atoms with van der Waals surface area (Å²) in [5.41, 5.74) is 4.71. The Balaban J connectivity index is 2.07. The summed E-state index contributed by atoms with van der Waals surface area (Å²) in [6.07, 6.45) is 4.02. The molecule has 2 aromatic rings. The van der Waals surface area contributed by atoms with Gasteiger partial charge in [0.2, 0.25) is 0 Å². The first-order valence-corrected chi connectivity index (χ1v) is 6.56.